The summed E-state index contributed by atoms with van der Waals surface area (Å²) in [5.41, 5.74) is 3.07. The van der Waals surface area contributed by atoms with Crippen molar-refractivity contribution in [2.24, 2.45) is 0 Å². The van der Waals surface area contributed by atoms with Crippen LogP contribution in [0.25, 0.3) is 11.5 Å². The lowest BCUT2D eigenvalue weighted by molar-refractivity contribution is 0.966. The molecule has 0 bridgehead atoms. The van der Waals surface area contributed by atoms with E-state index in [2.05, 4.69) is 38.1 Å². The molecule has 0 radical (unpaired) electrons. The Labute approximate surface area is 127 Å². The van der Waals surface area contributed by atoms with Crippen LogP contribution in [0, 0.1) is 6.92 Å². The number of aromatic nitrogens is 3. The number of hydrogen-bond acceptors (Lipinski definition) is 4. The highest BCUT2D eigenvalue weighted by Gasteiger charge is 2.29. The van der Waals surface area contributed by atoms with Gasteiger partial charge in [0.1, 0.15) is 11.5 Å². The zero-order chi connectivity index (χ0) is 14.1. The van der Waals surface area contributed by atoms with E-state index in [1.165, 1.54) is 12.8 Å². The quantitative estimate of drug-likeness (QED) is 0.921. The molecule has 2 aromatic heterocycles. The minimum Gasteiger partial charge on any atom is -0.369 e. The van der Waals surface area contributed by atoms with E-state index < -0.39 is 0 Å². The Morgan fingerprint density at radius 3 is 2.80 bits per heavy atom. The number of hydrogen-bond donors (Lipinski definition) is 1. The van der Waals surface area contributed by atoms with Crippen molar-refractivity contribution in [3.8, 4) is 11.5 Å². The van der Waals surface area contributed by atoms with E-state index in [1.807, 2.05) is 19.1 Å². The molecular formula is C15H17BrN4. The molecule has 20 heavy (non-hydrogen) atoms. The van der Waals surface area contributed by atoms with Crippen LogP contribution in [0.3, 0.4) is 0 Å². The number of anilines is 1. The van der Waals surface area contributed by atoms with E-state index in [9.17, 15) is 0 Å². The van der Waals surface area contributed by atoms with Gasteiger partial charge in [0.05, 0.1) is 10.2 Å². The van der Waals surface area contributed by atoms with Crippen LogP contribution in [-0.4, -0.2) is 21.5 Å². The molecule has 0 aromatic carbocycles. The Morgan fingerprint density at radius 1 is 1.35 bits per heavy atom. The minimum atomic E-state index is 0.563. The fourth-order valence-corrected chi connectivity index (χ4v) is 2.84. The molecule has 4 nitrogen and oxygen atoms in total. The van der Waals surface area contributed by atoms with Gasteiger partial charge in [0.2, 0.25) is 0 Å². The summed E-state index contributed by atoms with van der Waals surface area (Å²) in [6, 6.07) is 3.97. The molecule has 1 fully saturated rings. The lowest BCUT2D eigenvalue weighted by Gasteiger charge is -2.12. The standard InChI is InChI=1S/C15H17BrN4/c1-3-17-14-11(16)13(10-6-7-10)19-15(20-14)12-9(2)5-4-8-18-12/h4-5,8,10H,3,6-7H2,1-2H3,(H,17,19,20). The first-order chi connectivity index (χ1) is 9.70. The van der Waals surface area contributed by atoms with Crippen LogP contribution in [0.4, 0.5) is 5.82 Å². The molecular weight excluding hydrogens is 316 g/mol. The Bertz CT molecular complexity index is 638. The predicted octanol–water partition coefficient (Wildman–Crippen LogP) is 3.92. The summed E-state index contributed by atoms with van der Waals surface area (Å²) in [5, 5.41) is 3.30. The van der Waals surface area contributed by atoms with Crippen molar-refractivity contribution in [2.45, 2.75) is 32.6 Å². The maximum Gasteiger partial charge on any atom is 0.180 e. The van der Waals surface area contributed by atoms with Gasteiger partial charge in [-0.1, -0.05) is 6.07 Å². The van der Waals surface area contributed by atoms with Gasteiger partial charge in [0.15, 0.2) is 5.82 Å². The highest BCUT2D eigenvalue weighted by atomic mass is 79.9. The van der Waals surface area contributed by atoms with Crippen molar-refractivity contribution >= 4 is 21.7 Å². The Morgan fingerprint density at radius 2 is 2.15 bits per heavy atom. The summed E-state index contributed by atoms with van der Waals surface area (Å²) in [4.78, 5) is 13.8. The van der Waals surface area contributed by atoms with E-state index >= 15 is 0 Å². The first-order valence-corrected chi connectivity index (χ1v) is 7.73. The maximum absolute atomic E-state index is 4.75. The topological polar surface area (TPSA) is 50.7 Å². The summed E-state index contributed by atoms with van der Waals surface area (Å²) >= 11 is 3.64. The van der Waals surface area contributed by atoms with Gasteiger partial charge in [-0.25, -0.2) is 9.97 Å². The van der Waals surface area contributed by atoms with Crippen molar-refractivity contribution < 1.29 is 0 Å². The van der Waals surface area contributed by atoms with Gasteiger partial charge in [0.25, 0.3) is 0 Å². The zero-order valence-corrected chi connectivity index (χ0v) is 13.2. The van der Waals surface area contributed by atoms with E-state index in [-0.39, 0.29) is 0 Å². The van der Waals surface area contributed by atoms with Gasteiger partial charge in [0, 0.05) is 18.7 Å². The van der Waals surface area contributed by atoms with Crippen molar-refractivity contribution in [1.82, 2.24) is 15.0 Å². The van der Waals surface area contributed by atoms with E-state index in [4.69, 9.17) is 4.98 Å². The van der Waals surface area contributed by atoms with Gasteiger partial charge in [-0.3, -0.25) is 4.98 Å². The second kappa shape index (κ2) is 5.48. The van der Waals surface area contributed by atoms with Crippen LogP contribution in [0.2, 0.25) is 0 Å². The summed E-state index contributed by atoms with van der Waals surface area (Å²) in [5.74, 6) is 2.14. The molecule has 2 aromatic rings. The lowest BCUT2D eigenvalue weighted by Crippen LogP contribution is -2.06. The first-order valence-electron chi connectivity index (χ1n) is 6.94. The van der Waals surface area contributed by atoms with Crippen LogP contribution in [0.5, 0.6) is 0 Å². The number of pyridine rings is 1. The number of rotatable bonds is 4. The number of nitrogens with zero attached hydrogens (tertiary/aromatic N) is 3. The third kappa shape index (κ3) is 2.54. The van der Waals surface area contributed by atoms with Gasteiger partial charge in [-0.2, -0.15) is 0 Å². The molecule has 1 aliphatic rings. The molecule has 0 spiro atoms. The Hall–Kier alpha value is -1.49. The molecule has 0 aliphatic heterocycles. The van der Waals surface area contributed by atoms with Crippen molar-refractivity contribution in [3.63, 3.8) is 0 Å². The van der Waals surface area contributed by atoms with Crippen molar-refractivity contribution in [3.05, 3.63) is 34.1 Å². The summed E-state index contributed by atoms with van der Waals surface area (Å²) in [7, 11) is 0. The fourth-order valence-electron chi connectivity index (χ4n) is 2.20. The second-order valence-corrected chi connectivity index (χ2v) is 5.86. The van der Waals surface area contributed by atoms with Gasteiger partial charge in [-0.15, -0.1) is 0 Å². The molecule has 2 heterocycles. The average molecular weight is 333 g/mol. The number of halogens is 1. The van der Waals surface area contributed by atoms with Crippen molar-refractivity contribution in [2.75, 3.05) is 11.9 Å². The monoisotopic (exact) mass is 332 g/mol. The SMILES string of the molecule is CCNc1nc(-c2ncccc2C)nc(C2CC2)c1Br. The second-order valence-electron chi connectivity index (χ2n) is 5.07. The van der Waals surface area contributed by atoms with E-state index in [0.717, 1.165) is 33.8 Å². The molecule has 104 valence electrons. The summed E-state index contributed by atoms with van der Waals surface area (Å²) in [6.07, 6.45) is 4.21. The molecule has 0 atom stereocenters. The predicted molar refractivity (Wildman–Crippen MR) is 83.8 cm³/mol. The van der Waals surface area contributed by atoms with Gasteiger partial charge >= 0.3 is 0 Å². The third-order valence-electron chi connectivity index (χ3n) is 3.41. The van der Waals surface area contributed by atoms with Crippen molar-refractivity contribution in [1.29, 1.82) is 0 Å². The summed E-state index contributed by atoms with van der Waals surface area (Å²) in [6.45, 7) is 4.94. The smallest absolute Gasteiger partial charge is 0.180 e. The summed E-state index contributed by atoms with van der Waals surface area (Å²) < 4.78 is 0.999. The lowest BCUT2D eigenvalue weighted by atomic mass is 10.2. The van der Waals surface area contributed by atoms with Crippen LogP contribution in [0.15, 0.2) is 22.8 Å². The molecule has 0 saturated heterocycles. The van der Waals surface area contributed by atoms with Gasteiger partial charge in [-0.05, 0) is 54.2 Å². The van der Waals surface area contributed by atoms with Gasteiger partial charge < -0.3 is 5.32 Å². The fraction of sp³-hybridized carbons (Fsp3) is 0.400. The van der Waals surface area contributed by atoms with Crippen LogP contribution < -0.4 is 5.32 Å². The zero-order valence-electron chi connectivity index (χ0n) is 11.7. The largest absolute Gasteiger partial charge is 0.369 e. The number of nitrogens with one attached hydrogen (secondary N) is 1. The molecule has 5 heteroatoms. The molecule has 1 N–H and O–H groups in total. The van der Waals surface area contributed by atoms with Crippen LogP contribution in [-0.2, 0) is 0 Å². The first kappa shape index (κ1) is 13.5. The minimum absolute atomic E-state index is 0.563. The third-order valence-corrected chi connectivity index (χ3v) is 4.19. The molecule has 1 aliphatic carbocycles. The Balaban J connectivity index is 2.13. The normalized spacial score (nSPS) is 14.3. The highest BCUT2D eigenvalue weighted by molar-refractivity contribution is 9.10. The highest BCUT2D eigenvalue weighted by Crippen LogP contribution is 2.44. The van der Waals surface area contributed by atoms with Crippen LogP contribution >= 0.6 is 15.9 Å². The number of aryl methyl sites for hydroxylation is 1. The molecule has 1 saturated carbocycles. The molecule has 0 unspecified atom stereocenters. The van der Waals surface area contributed by atoms with E-state index in [0.29, 0.717) is 11.7 Å². The molecule has 0 amide bonds. The maximum atomic E-state index is 4.75. The average Bonchev–Trinajstić information content (AvgIpc) is 3.26. The Kier molecular flexibility index (Phi) is 3.70. The van der Waals surface area contributed by atoms with E-state index in [1.54, 1.807) is 6.20 Å². The van der Waals surface area contributed by atoms with Crippen LogP contribution in [0.1, 0.15) is 36.9 Å². The molecule has 3 rings (SSSR count).